The second kappa shape index (κ2) is 11.0. The molecule has 190 valence electrons. The lowest BCUT2D eigenvalue weighted by atomic mass is 9.88. The Morgan fingerprint density at radius 2 is 2.06 bits per heavy atom. The normalized spacial score (nSPS) is 18.8. The number of ether oxygens (including phenoxy) is 2. The van der Waals surface area contributed by atoms with Crippen molar-refractivity contribution in [2.24, 2.45) is 0 Å². The van der Waals surface area contributed by atoms with Crippen LogP contribution in [0.15, 0.2) is 42.5 Å². The fourth-order valence-corrected chi connectivity index (χ4v) is 5.02. The number of nitrogens with zero attached hydrogens (tertiary/aromatic N) is 3. The number of halogens is 1. The Kier molecular flexibility index (Phi) is 7.74. The van der Waals surface area contributed by atoms with Crippen LogP contribution in [0, 0.1) is 17.1 Å². The molecule has 9 nitrogen and oxygen atoms in total. The first-order valence-corrected chi connectivity index (χ1v) is 12.6. The Labute approximate surface area is 213 Å². The van der Waals surface area contributed by atoms with Crippen molar-refractivity contribution >= 4 is 41.0 Å². The van der Waals surface area contributed by atoms with Gasteiger partial charge in [0.2, 0.25) is 5.91 Å². The Hall–Kier alpha value is -3.65. The van der Waals surface area contributed by atoms with Gasteiger partial charge in [-0.2, -0.15) is 5.26 Å². The summed E-state index contributed by atoms with van der Waals surface area (Å²) in [5.41, 5.74) is 0.796. The molecule has 2 heterocycles. The molecule has 0 aliphatic carbocycles. The van der Waals surface area contributed by atoms with Gasteiger partial charge < -0.3 is 24.4 Å². The van der Waals surface area contributed by atoms with Gasteiger partial charge in [-0.25, -0.2) is 9.18 Å². The highest BCUT2D eigenvalue weighted by molar-refractivity contribution is 7.97. The van der Waals surface area contributed by atoms with Crippen molar-refractivity contribution in [2.45, 2.75) is 31.4 Å². The molecule has 2 saturated heterocycles. The fourth-order valence-electron chi connectivity index (χ4n) is 4.38. The van der Waals surface area contributed by atoms with Crippen LogP contribution in [0.3, 0.4) is 0 Å². The number of anilines is 3. The summed E-state index contributed by atoms with van der Waals surface area (Å²) in [5, 5.41) is 13.3. The summed E-state index contributed by atoms with van der Waals surface area (Å²) in [5.74, 6) is 0.435. The van der Waals surface area contributed by atoms with E-state index in [-0.39, 0.29) is 12.5 Å². The second-order valence-corrected chi connectivity index (χ2v) is 9.55. The van der Waals surface area contributed by atoms with Crippen LogP contribution in [0.2, 0.25) is 0 Å². The van der Waals surface area contributed by atoms with Crippen LogP contribution >= 0.6 is 11.9 Å². The number of para-hydroxylation sites is 2. The first-order chi connectivity index (χ1) is 17.3. The van der Waals surface area contributed by atoms with Gasteiger partial charge in [0.25, 0.3) is 0 Å². The summed E-state index contributed by atoms with van der Waals surface area (Å²) < 4.78 is 28.5. The first kappa shape index (κ1) is 25.4. The number of hydrogen-bond donors (Lipinski definition) is 2. The van der Waals surface area contributed by atoms with E-state index in [9.17, 15) is 14.9 Å². The maximum absolute atomic E-state index is 15.2. The molecule has 2 amide bonds. The minimum absolute atomic E-state index is 0.181. The fraction of sp³-hybridized carbons (Fsp3) is 0.400. The van der Waals surface area contributed by atoms with Crippen molar-refractivity contribution < 1.29 is 23.5 Å². The molecule has 4 rings (SSSR count). The minimum atomic E-state index is -0.787. The van der Waals surface area contributed by atoms with Crippen molar-refractivity contribution in [3.05, 3.63) is 48.3 Å². The topological polar surface area (TPSA) is 107 Å². The third-order valence-corrected chi connectivity index (χ3v) is 7.23. The lowest BCUT2D eigenvalue weighted by Gasteiger charge is -2.39. The molecule has 2 aliphatic rings. The SMILES string of the molecule is COc1ccccc1NC1(C#N)CCN(c2ccc(N3CC(CSNC(C)=O)OC3=O)cc2F)CC1. The van der Waals surface area contributed by atoms with E-state index in [2.05, 4.69) is 16.1 Å². The molecule has 0 saturated carbocycles. The highest BCUT2D eigenvalue weighted by atomic mass is 32.2. The third-order valence-electron chi connectivity index (χ3n) is 6.25. The summed E-state index contributed by atoms with van der Waals surface area (Å²) in [7, 11) is 1.58. The number of rotatable bonds is 8. The summed E-state index contributed by atoms with van der Waals surface area (Å²) in [4.78, 5) is 26.6. The van der Waals surface area contributed by atoms with Crippen LogP contribution in [-0.4, -0.2) is 56.1 Å². The number of cyclic esters (lactones) is 1. The molecule has 0 bridgehead atoms. The number of nitrogens with one attached hydrogen (secondary N) is 2. The maximum atomic E-state index is 15.2. The van der Waals surface area contributed by atoms with E-state index in [0.717, 1.165) is 5.69 Å². The average molecular weight is 514 g/mol. The highest BCUT2D eigenvalue weighted by Gasteiger charge is 2.37. The zero-order chi connectivity index (χ0) is 25.7. The lowest BCUT2D eigenvalue weighted by molar-refractivity contribution is -0.117. The van der Waals surface area contributed by atoms with Crippen LogP contribution in [0.4, 0.5) is 26.2 Å². The molecule has 2 aromatic carbocycles. The van der Waals surface area contributed by atoms with Crippen LogP contribution < -0.4 is 24.6 Å². The Morgan fingerprint density at radius 3 is 2.72 bits per heavy atom. The van der Waals surface area contributed by atoms with Gasteiger partial charge in [0.1, 0.15) is 23.2 Å². The summed E-state index contributed by atoms with van der Waals surface area (Å²) >= 11 is 1.17. The van der Waals surface area contributed by atoms with Gasteiger partial charge in [0.15, 0.2) is 0 Å². The molecule has 2 aliphatic heterocycles. The highest BCUT2D eigenvalue weighted by Crippen LogP contribution is 2.35. The van der Waals surface area contributed by atoms with E-state index >= 15 is 4.39 Å². The summed E-state index contributed by atoms with van der Waals surface area (Å²) in [6, 6.07) is 14.5. The quantitative estimate of drug-likeness (QED) is 0.512. The van der Waals surface area contributed by atoms with Crippen molar-refractivity contribution in [3.63, 3.8) is 0 Å². The molecular weight excluding hydrogens is 485 g/mol. The van der Waals surface area contributed by atoms with Gasteiger partial charge in [-0.05, 0) is 42.3 Å². The zero-order valence-corrected chi connectivity index (χ0v) is 20.9. The molecule has 2 aromatic rings. The predicted molar refractivity (Wildman–Crippen MR) is 137 cm³/mol. The number of methoxy groups -OCH3 is 1. The van der Waals surface area contributed by atoms with E-state index in [1.165, 1.54) is 29.8 Å². The smallest absolute Gasteiger partial charge is 0.414 e. The Morgan fingerprint density at radius 1 is 1.31 bits per heavy atom. The zero-order valence-electron chi connectivity index (χ0n) is 20.1. The van der Waals surface area contributed by atoms with Crippen LogP contribution in [0.1, 0.15) is 19.8 Å². The minimum Gasteiger partial charge on any atom is -0.495 e. The van der Waals surface area contributed by atoms with Gasteiger partial charge in [0, 0.05) is 32.9 Å². The van der Waals surface area contributed by atoms with Gasteiger partial charge >= 0.3 is 6.09 Å². The predicted octanol–water partition coefficient (Wildman–Crippen LogP) is 3.92. The Balaban J connectivity index is 1.39. The van der Waals surface area contributed by atoms with Crippen LogP contribution in [0.25, 0.3) is 0 Å². The van der Waals surface area contributed by atoms with E-state index in [4.69, 9.17) is 9.47 Å². The van der Waals surface area contributed by atoms with E-state index in [1.54, 1.807) is 19.2 Å². The van der Waals surface area contributed by atoms with Crippen molar-refractivity contribution in [2.75, 3.05) is 47.6 Å². The molecular formula is C25H28FN5O4S. The van der Waals surface area contributed by atoms with E-state index in [0.29, 0.717) is 48.8 Å². The number of amides is 2. The van der Waals surface area contributed by atoms with Crippen molar-refractivity contribution in [1.82, 2.24) is 4.72 Å². The largest absolute Gasteiger partial charge is 0.495 e. The van der Waals surface area contributed by atoms with Crippen molar-refractivity contribution in [3.8, 4) is 11.8 Å². The number of nitriles is 1. The molecule has 2 fully saturated rings. The molecule has 0 spiro atoms. The molecule has 1 atom stereocenters. The number of hydrogen-bond acceptors (Lipinski definition) is 8. The van der Waals surface area contributed by atoms with Crippen LogP contribution in [-0.2, 0) is 9.53 Å². The first-order valence-electron chi connectivity index (χ1n) is 11.6. The molecule has 0 radical (unpaired) electrons. The van der Waals surface area contributed by atoms with Gasteiger partial charge in [-0.3, -0.25) is 9.69 Å². The maximum Gasteiger partial charge on any atom is 0.414 e. The number of carbonyl (C=O) groups excluding carboxylic acids is 2. The summed E-state index contributed by atoms with van der Waals surface area (Å²) in [6.07, 6.45) is 0.0349. The van der Waals surface area contributed by atoms with E-state index < -0.39 is 23.6 Å². The molecule has 0 aromatic heterocycles. The Bertz CT molecular complexity index is 1170. The lowest BCUT2D eigenvalue weighted by Crippen LogP contribution is -2.48. The number of carbonyl (C=O) groups is 2. The number of benzene rings is 2. The average Bonchev–Trinajstić information content (AvgIpc) is 3.25. The van der Waals surface area contributed by atoms with Crippen molar-refractivity contribution in [1.29, 1.82) is 5.26 Å². The summed E-state index contributed by atoms with van der Waals surface area (Å²) in [6.45, 7) is 2.65. The monoisotopic (exact) mass is 513 g/mol. The standard InChI is InChI=1S/C25H28FN5O4S/c1-17(32)29-36-15-19-14-31(24(33)35-19)18-7-8-22(20(26)13-18)30-11-9-25(16-27,10-12-30)28-21-5-3-4-6-23(21)34-2/h3-8,13,19,28H,9-12,14-15H2,1-2H3,(H,29,32). The van der Waals surface area contributed by atoms with Gasteiger partial charge in [-0.15, -0.1) is 0 Å². The molecule has 11 heteroatoms. The molecule has 2 N–H and O–H groups in total. The number of piperidine rings is 1. The van der Waals surface area contributed by atoms with Gasteiger partial charge in [-0.1, -0.05) is 12.1 Å². The van der Waals surface area contributed by atoms with E-state index in [1.807, 2.05) is 29.2 Å². The molecule has 1 unspecified atom stereocenters. The van der Waals surface area contributed by atoms with Crippen LogP contribution in [0.5, 0.6) is 5.75 Å². The second-order valence-electron chi connectivity index (χ2n) is 8.73. The molecule has 36 heavy (non-hydrogen) atoms. The van der Waals surface area contributed by atoms with Gasteiger partial charge in [0.05, 0.1) is 42.5 Å². The third kappa shape index (κ3) is 5.60.